The van der Waals surface area contributed by atoms with Gasteiger partial charge in [0.1, 0.15) is 5.83 Å². The highest BCUT2D eigenvalue weighted by Gasteiger charge is 2.46. The van der Waals surface area contributed by atoms with Crippen LogP contribution in [-0.2, 0) is 5.41 Å². The van der Waals surface area contributed by atoms with E-state index >= 15 is 4.39 Å². The summed E-state index contributed by atoms with van der Waals surface area (Å²) < 4.78 is 15.5. The molecule has 2 unspecified atom stereocenters. The summed E-state index contributed by atoms with van der Waals surface area (Å²) in [5.74, 6) is 0.155. The second-order valence-corrected chi connectivity index (χ2v) is 9.62. The van der Waals surface area contributed by atoms with E-state index in [0.717, 1.165) is 36.0 Å². The smallest absolute Gasteiger partial charge is 0.123 e. The number of allylic oxidation sites excluding steroid dienone is 8. The zero-order valence-corrected chi connectivity index (χ0v) is 19.8. The summed E-state index contributed by atoms with van der Waals surface area (Å²) in [6, 6.07) is 4.34. The van der Waals surface area contributed by atoms with Gasteiger partial charge in [-0.1, -0.05) is 77.6 Å². The molecule has 0 saturated carbocycles. The Bertz CT molecular complexity index is 980. The highest BCUT2D eigenvalue weighted by atomic mass is 19.1. The number of rotatable bonds is 5. The minimum atomic E-state index is -0.405. The minimum absolute atomic E-state index is 0.0328. The molecule has 0 fully saturated rings. The van der Waals surface area contributed by atoms with E-state index in [1.807, 2.05) is 6.08 Å². The van der Waals surface area contributed by atoms with E-state index < -0.39 is 5.41 Å². The molecule has 2 aliphatic rings. The molecule has 3 rings (SSSR count). The van der Waals surface area contributed by atoms with E-state index in [9.17, 15) is 0 Å². The van der Waals surface area contributed by atoms with Crippen LogP contribution in [0.5, 0.6) is 0 Å². The first-order valence-electron chi connectivity index (χ1n) is 11.4. The van der Waals surface area contributed by atoms with Gasteiger partial charge in [-0.25, -0.2) is 4.39 Å². The van der Waals surface area contributed by atoms with Crippen LogP contribution in [-0.4, -0.2) is 0 Å². The highest BCUT2D eigenvalue weighted by molar-refractivity contribution is 5.91. The third-order valence-electron chi connectivity index (χ3n) is 7.40. The van der Waals surface area contributed by atoms with E-state index in [1.165, 1.54) is 22.3 Å². The Morgan fingerprint density at radius 1 is 1.27 bits per heavy atom. The van der Waals surface area contributed by atoms with Gasteiger partial charge in [-0.05, 0) is 83.9 Å². The Balaban J connectivity index is 2.34. The van der Waals surface area contributed by atoms with Crippen LogP contribution < -0.4 is 0 Å². The van der Waals surface area contributed by atoms with E-state index in [1.54, 1.807) is 0 Å². The van der Waals surface area contributed by atoms with Crippen LogP contribution in [0.4, 0.5) is 4.39 Å². The Morgan fingerprint density at radius 2 is 1.97 bits per heavy atom. The first-order chi connectivity index (χ1) is 14.1. The molecule has 1 aromatic rings. The molecule has 0 bridgehead atoms. The molecular weight excluding hydrogens is 367 g/mol. The maximum absolute atomic E-state index is 15.5. The molecular formula is C29H37F. The third-order valence-corrected chi connectivity index (χ3v) is 7.40. The molecule has 0 amide bonds. The first kappa shape index (κ1) is 22.5. The molecule has 0 saturated heterocycles. The lowest BCUT2D eigenvalue weighted by Crippen LogP contribution is -2.36. The summed E-state index contributed by atoms with van der Waals surface area (Å²) in [5.41, 5.74) is 7.38. The van der Waals surface area contributed by atoms with Crippen molar-refractivity contribution in [3.8, 4) is 0 Å². The van der Waals surface area contributed by atoms with Crippen molar-refractivity contribution in [2.24, 2.45) is 11.3 Å². The van der Waals surface area contributed by atoms with Gasteiger partial charge in [-0.2, -0.15) is 0 Å². The average molecular weight is 405 g/mol. The van der Waals surface area contributed by atoms with Gasteiger partial charge < -0.3 is 0 Å². The van der Waals surface area contributed by atoms with Gasteiger partial charge >= 0.3 is 0 Å². The van der Waals surface area contributed by atoms with Gasteiger partial charge in [-0.15, -0.1) is 0 Å². The molecule has 0 heterocycles. The average Bonchev–Trinajstić information content (AvgIpc) is 2.71. The molecule has 1 aromatic carbocycles. The number of hydrogen-bond acceptors (Lipinski definition) is 0. The van der Waals surface area contributed by atoms with Gasteiger partial charge in [0, 0.05) is 11.0 Å². The number of halogens is 1. The Hall–Kier alpha value is -2.15. The quantitative estimate of drug-likeness (QED) is 0.430. The Labute approximate surface area is 183 Å². The molecule has 2 aliphatic carbocycles. The van der Waals surface area contributed by atoms with E-state index in [0.29, 0.717) is 0 Å². The second-order valence-electron chi connectivity index (χ2n) is 9.62. The standard InChI is InChI=1S/C29H37F/c1-9-12-18-29(8,11-3)23-16-17-24(30)27-26(23)20(5)25-21(13-10-2)19(4)14-15-22(25)28(27,6)7/h10,12-15,17-18,23H,5,9,11,16H2,1-4,6-8H3/b13-10-,18-12?. The van der Waals surface area contributed by atoms with Crippen molar-refractivity contribution in [2.45, 2.75) is 73.1 Å². The van der Waals surface area contributed by atoms with Crippen LogP contribution in [0, 0.1) is 18.3 Å². The lowest BCUT2D eigenvalue weighted by Gasteiger charge is -2.47. The summed E-state index contributed by atoms with van der Waals surface area (Å²) >= 11 is 0. The summed E-state index contributed by atoms with van der Waals surface area (Å²) in [6.07, 6.45) is 13.5. The Morgan fingerprint density at radius 3 is 2.57 bits per heavy atom. The first-order valence-corrected chi connectivity index (χ1v) is 11.4. The fraction of sp³-hybridized carbons (Fsp3) is 0.448. The van der Waals surface area contributed by atoms with Crippen molar-refractivity contribution in [1.82, 2.24) is 0 Å². The van der Waals surface area contributed by atoms with Crippen molar-refractivity contribution in [2.75, 3.05) is 0 Å². The topological polar surface area (TPSA) is 0 Å². The van der Waals surface area contributed by atoms with Crippen molar-refractivity contribution in [1.29, 1.82) is 0 Å². The van der Waals surface area contributed by atoms with Gasteiger partial charge in [0.15, 0.2) is 0 Å². The summed E-state index contributed by atoms with van der Waals surface area (Å²) in [5, 5.41) is 0. The van der Waals surface area contributed by atoms with E-state index in [4.69, 9.17) is 0 Å². The van der Waals surface area contributed by atoms with Crippen LogP contribution >= 0.6 is 0 Å². The molecule has 0 nitrogen and oxygen atoms in total. The SMILES string of the molecule is C=C1C2=C(C(F)=CCC2C(C)(C=CCC)CC)C(C)(C)c2ccc(C)c(/C=C\C)c21. The molecule has 0 N–H and O–H groups in total. The zero-order valence-electron chi connectivity index (χ0n) is 19.8. The highest BCUT2D eigenvalue weighted by Crippen LogP contribution is 2.57. The maximum atomic E-state index is 15.5. The van der Waals surface area contributed by atoms with E-state index in [-0.39, 0.29) is 17.2 Å². The van der Waals surface area contributed by atoms with Crippen LogP contribution in [0.3, 0.4) is 0 Å². The summed E-state index contributed by atoms with van der Waals surface area (Å²) in [6.45, 7) is 19.9. The molecule has 0 aromatic heterocycles. The number of fused-ring (bicyclic) bond motifs is 1. The monoisotopic (exact) mass is 404 g/mol. The molecule has 160 valence electrons. The molecule has 0 spiro atoms. The minimum Gasteiger partial charge on any atom is -0.207 e. The van der Waals surface area contributed by atoms with Crippen LogP contribution in [0.2, 0.25) is 0 Å². The maximum Gasteiger partial charge on any atom is 0.123 e. The molecule has 1 heteroatoms. The number of hydrogen-bond donors (Lipinski definition) is 0. The van der Waals surface area contributed by atoms with Crippen LogP contribution in [0.1, 0.15) is 83.1 Å². The fourth-order valence-electron chi connectivity index (χ4n) is 5.43. The third kappa shape index (κ3) is 3.37. The van der Waals surface area contributed by atoms with Crippen molar-refractivity contribution < 1.29 is 4.39 Å². The number of benzene rings is 1. The predicted octanol–water partition coefficient (Wildman–Crippen LogP) is 8.88. The second kappa shape index (κ2) is 8.17. The lowest BCUT2D eigenvalue weighted by molar-refractivity contribution is 0.279. The largest absolute Gasteiger partial charge is 0.207 e. The fourth-order valence-corrected chi connectivity index (χ4v) is 5.43. The van der Waals surface area contributed by atoms with Crippen molar-refractivity contribution in [3.63, 3.8) is 0 Å². The molecule has 2 atom stereocenters. The van der Waals surface area contributed by atoms with Crippen molar-refractivity contribution >= 4 is 11.6 Å². The molecule has 0 aliphatic heterocycles. The summed E-state index contributed by atoms with van der Waals surface area (Å²) in [4.78, 5) is 0. The lowest BCUT2D eigenvalue weighted by atomic mass is 9.57. The number of aryl methyl sites for hydroxylation is 1. The predicted molar refractivity (Wildman–Crippen MR) is 130 cm³/mol. The van der Waals surface area contributed by atoms with Crippen molar-refractivity contribution in [3.05, 3.63) is 82.2 Å². The Kier molecular flexibility index (Phi) is 6.14. The van der Waals surface area contributed by atoms with Gasteiger partial charge in [0.25, 0.3) is 0 Å². The van der Waals surface area contributed by atoms with Gasteiger partial charge in [0.05, 0.1) is 0 Å². The van der Waals surface area contributed by atoms with Gasteiger partial charge in [-0.3, -0.25) is 0 Å². The molecule has 30 heavy (non-hydrogen) atoms. The normalized spacial score (nSPS) is 22.9. The summed E-state index contributed by atoms with van der Waals surface area (Å²) in [7, 11) is 0. The zero-order chi connectivity index (χ0) is 22.3. The van der Waals surface area contributed by atoms with Gasteiger partial charge in [0.2, 0.25) is 0 Å². The van der Waals surface area contributed by atoms with Crippen LogP contribution in [0.25, 0.3) is 11.6 Å². The van der Waals surface area contributed by atoms with Crippen LogP contribution in [0.15, 0.2) is 60.0 Å². The molecule has 0 radical (unpaired) electrons. The van der Waals surface area contributed by atoms with E-state index in [2.05, 4.69) is 91.5 Å².